The summed E-state index contributed by atoms with van der Waals surface area (Å²) in [6.07, 6.45) is 5.92. The van der Waals surface area contributed by atoms with E-state index in [1.54, 1.807) is 10.6 Å². The molecule has 2 heterocycles. The molecule has 0 N–H and O–H groups in total. The van der Waals surface area contributed by atoms with Crippen LogP contribution in [0.2, 0.25) is 0 Å². The number of nitrogens with zero attached hydrogens (tertiary/aromatic N) is 3. The van der Waals surface area contributed by atoms with Gasteiger partial charge in [0.15, 0.2) is 0 Å². The zero-order chi connectivity index (χ0) is 18.3. The second-order valence-corrected chi connectivity index (χ2v) is 8.18. The van der Waals surface area contributed by atoms with Crippen LogP contribution in [0.1, 0.15) is 37.8 Å². The van der Waals surface area contributed by atoms with E-state index < -0.39 is 0 Å². The molecular formula is C22H30ClN3O. The van der Waals surface area contributed by atoms with Crippen LogP contribution in [0.3, 0.4) is 0 Å². The van der Waals surface area contributed by atoms with Crippen molar-refractivity contribution in [3.05, 3.63) is 58.0 Å². The Bertz CT molecular complexity index is 857. The van der Waals surface area contributed by atoms with Crippen LogP contribution in [0.25, 0.3) is 0 Å². The molecule has 4 nitrogen and oxygen atoms in total. The highest BCUT2D eigenvalue weighted by molar-refractivity contribution is 5.85. The predicted molar refractivity (Wildman–Crippen MR) is 114 cm³/mol. The molecule has 0 spiro atoms. The summed E-state index contributed by atoms with van der Waals surface area (Å²) in [6, 6.07) is 10.8. The smallest absolute Gasteiger partial charge is 0.250 e. The van der Waals surface area contributed by atoms with Gasteiger partial charge in [0.05, 0.1) is 5.69 Å². The van der Waals surface area contributed by atoms with Gasteiger partial charge in [-0.3, -0.25) is 9.69 Å². The molecule has 1 aliphatic heterocycles. The number of hydrogen-bond donors (Lipinski definition) is 0. The third kappa shape index (κ3) is 4.39. The van der Waals surface area contributed by atoms with Gasteiger partial charge in [-0.25, -0.2) is 0 Å². The van der Waals surface area contributed by atoms with Gasteiger partial charge in [0.2, 0.25) is 5.56 Å². The highest BCUT2D eigenvalue weighted by Gasteiger charge is 2.26. The van der Waals surface area contributed by atoms with Crippen LogP contribution >= 0.6 is 12.4 Å². The molecule has 1 aromatic carbocycles. The Hall–Kier alpha value is -1.78. The number of pyridine rings is 1. The lowest BCUT2D eigenvalue weighted by Gasteiger charge is -2.33. The number of benzene rings is 1. The van der Waals surface area contributed by atoms with E-state index in [4.69, 9.17) is 0 Å². The average molecular weight is 388 g/mol. The quantitative estimate of drug-likeness (QED) is 0.772. The number of fused-ring (bicyclic) bond motifs is 1. The summed E-state index contributed by atoms with van der Waals surface area (Å²) in [7, 11) is 1.81. The number of anilines is 2. The van der Waals surface area contributed by atoms with Crippen LogP contribution in [0.5, 0.6) is 0 Å². The fourth-order valence-electron chi connectivity index (χ4n) is 4.04. The van der Waals surface area contributed by atoms with Crippen LogP contribution in [0.15, 0.2) is 41.3 Å². The number of rotatable bonds is 5. The lowest BCUT2D eigenvalue weighted by Crippen LogP contribution is -2.33. The van der Waals surface area contributed by atoms with Gasteiger partial charge in [-0.1, -0.05) is 6.07 Å². The molecule has 146 valence electrons. The molecule has 2 aliphatic rings. The Morgan fingerprint density at radius 3 is 2.52 bits per heavy atom. The van der Waals surface area contributed by atoms with Gasteiger partial charge in [0.25, 0.3) is 0 Å². The molecule has 0 saturated heterocycles. The maximum atomic E-state index is 11.8. The molecule has 0 radical (unpaired) electrons. The number of aromatic nitrogens is 1. The molecule has 1 aromatic heterocycles. The van der Waals surface area contributed by atoms with Crippen molar-refractivity contribution in [2.24, 2.45) is 13.0 Å². The molecule has 0 unspecified atom stereocenters. The molecule has 1 fully saturated rings. The van der Waals surface area contributed by atoms with Crippen molar-refractivity contribution in [2.45, 2.75) is 45.7 Å². The minimum absolute atomic E-state index is 0. The van der Waals surface area contributed by atoms with Crippen molar-refractivity contribution in [3.63, 3.8) is 0 Å². The van der Waals surface area contributed by atoms with Crippen molar-refractivity contribution < 1.29 is 0 Å². The minimum atomic E-state index is 0. The number of halogens is 1. The lowest BCUT2D eigenvalue weighted by molar-refractivity contribution is 0.244. The van der Waals surface area contributed by atoms with Crippen LogP contribution in [0, 0.1) is 5.92 Å². The maximum absolute atomic E-state index is 11.8. The van der Waals surface area contributed by atoms with Crippen molar-refractivity contribution in [3.8, 4) is 0 Å². The summed E-state index contributed by atoms with van der Waals surface area (Å²) in [4.78, 5) is 16.7. The molecule has 0 atom stereocenters. The molecule has 1 aliphatic carbocycles. The zero-order valence-electron chi connectivity index (χ0n) is 16.5. The third-order valence-corrected chi connectivity index (χ3v) is 5.64. The lowest BCUT2D eigenvalue weighted by atomic mass is 9.98. The van der Waals surface area contributed by atoms with E-state index in [9.17, 15) is 4.79 Å². The molecule has 27 heavy (non-hydrogen) atoms. The maximum Gasteiger partial charge on any atom is 0.250 e. The Labute approximate surface area is 168 Å². The van der Waals surface area contributed by atoms with E-state index in [0.29, 0.717) is 6.04 Å². The predicted octanol–water partition coefficient (Wildman–Crippen LogP) is 4.12. The summed E-state index contributed by atoms with van der Waals surface area (Å²) in [5, 5.41) is 0. The molecule has 0 amide bonds. The van der Waals surface area contributed by atoms with Crippen LogP contribution in [-0.2, 0) is 20.0 Å². The van der Waals surface area contributed by atoms with Gasteiger partial charge in [-0.15, -0.1) is 12.4 Å². The van der Waals surface area contributed by atoms with E-state index in [1.165, 1.54) is 42.7 Å². The van der Waals surface area contributed by atoms with Gasteiger partial charge in [0.1, 0.15) is 0 Å². The van der Waals surface area contributed by atoms with Crippen LogP contribution < -0.4 is 10.5 Å². The van der Waals surface area contributed by atoms with Crippen molar-refractivity contribution in [2.75, 3.05) is 18.0 Å². The second-order valence-electron chi connectivity index (χ2n) is 8.18. The second kappa shape index (κ2) is 8.07. The Morgan fingerprint density at radius 2 is 1.85 bits per heavy atom. The molecule has 2 aromatic rings. The fourth-order valence-corrected chi connectivity index (χ4v) is 4.04. The first-order valence-corrected chi connectivity index (χ1v) is 9.81. The van der Waals surface area contributed by atoms with Gasteiger partial charge >= 0.3 is 0 Å². The summed E-state index contributed by atoms with van der Waals surface area (Å²) in [5.41, 5.74) is 5.26. The van der Waals surface area contributed by atoms with E-state index in [0.717, 1.165) is 24.6 Å². The van der Waals surface area contributed by atoms with Gasteiger partial charge in [-0.05, 0) is 68.4 Å². The van der Waals surface area contributed by atoms with E-state index in [-0.39, 0.29) is 18.0 Å². The molecular weight excluding hydrogens is 358 g/mol. The fraction of sp³-hybridized carbons (Fsp3) is 0.500. The first kappa shape index (κ1) is 20.0. The van der Waals surface area contributed by atoms with Crippen molar-refractivity contribution >= 4 is 23.8 Å². The molecule has 1 saturated carbocycles. The van der Waals surface area contributed by atoms with Crippen LogP contribution in [-0.4, -0.2) is 28.6 Å². The highest BCUT2D eigenvalue weighted by atomic mass is 35.5. The highest BCUT2D eigenvalue weighted by Crippen LogP contribution is 2.34. The van der Waals surface area contributed by atoms with Gasteiger partial charge in [0, 0.05) is 50.7 Å². The molecule has 0 bridgehead atoms. The minimum Gasteiger partial charge on any atom is -0.338 e. The summed E-state index contributed by atoms with van der Waals surface area (Å²) in [5.74, 6) is 0.942. The topological polar surface area (TPSA) is 28.5 Å². The Balaban J connectivity index is 0.00000210. The Morgan fingerprint density at radius 1 is 1.11 bits per heavy atom. The SMILES string of the molecule is CC(C)N(c1ccc2c(c1)CN(CC1CC1)CC2)c1ccc(=O)n(C)c1.Cl. The van der Waals surface area contributed by atoms with Crippen molar-refractivity contribution in [1.29, 1.82) is 0 Å². The van der Waals surface area contributed by atoms with Crippen molar-refractivity contribution in [1.82, 2.24) is 9.47 Å². The first-order valence-electron chi connectivity index (χ1n) is 9.81. The normalized spacial score (nSPS) is 16.7. The zero-order valence-corrected chi connectivity index (χ0v) is 17.3. The van der Waals surface area contributed by atoms with Gasteiger partial charge < -0.3 is 9.47 Å². The molecule has 4 rings (SSSR count). The van der Waals surface area contributed by atoms with E-state index in [2.05, 4.69) is 41.8 Å². The summed E-state index contributed by atoms with van der Waals surface area (Å²) in [6.45, 7) is 7.92. The molecule has 5 heteroatoms. The van der Waals surface area contributed by atoms with Gasteiger partial charge in [-0.2, -0.15) is 0 Å². The monoisotopic (exact) mass is 387 g/mol. The van der Waals surface area contributed by atoms with Crippen LogP contribution in [0.4, 0.5) is 11.4 Å². The summed E-state index contributed by atoms with van der Waals surface area (Å²) >= 11 is 0. The van der Waals surface area contributed by atoms with E-state index >= 15 is 0 Å². The number of hydrogen-bond acceptors (Lipinski definition) is 3. The third-order valence-electron chi connectivity index (χ3n) is 5.64. The number of aryl methyl sites for hydroxylation is 1. The average Bonchev–Trinajstić information content (AvgIpc) is 3.41. The summed E-state index contributed by atoms with van der Waals surface area (Å²) < 4.78 is 1.65. The Kier molecular flexibility index (Phi) is 5.97. The first-order chi connectivity index (χ1) is 12.5. The van der Waals surface area contributed by atoms with E-state index in [1.807, 2.05) is 19.3 Å². The standard InChI is InChI=1S/C22H29N3O.ClH/c1-16(2)25(21-8-9-22(26)23(3)15-21)20-7-6-18-10-11-24(13-17-4-5-17)14-19(18)12-20;/h6-9,12,15-17H,4-5,10-11,13-14H2,1-3H3;1H. The largest absolute Gasteiger partial charge is 0.338 e.